The highest BCUT2D eigenvalue weighted by Crippen LogP contribution is 2.41. The van der Waals surface area contributed by atoms with Crippen molar-refractivity contribution in [1.29, 1.82) is 0 Å². The summed E-state index contributed by atoms with van der Waals surface area (Å²) in [5.41, 5.74) is 8.99. The van der Waals surface area contributed by atoms with Crippen molar-refractivity contribution in [3.63, 3.8) is 0 Å². The molecule has 0 aliphatic heterocycles. The molecule has 0 saturated carbocycles. The van der Waals surface area contributed by atoms with Gasteiger partial charge in [0, 0.05) is 21.9 Å². The number of benzene rings is 3. The summed E-state index contributed by atoms with van der Waals surface area (Å²) >= 11 is 1.37. The average molecular weight is 482 g/mol. The Bertz CT molecular complexity index is 1760. The maximum absolute atomic E-state index is 8.04. The van der Waals surface area contributed by atoms with Crippen LogP contribution < -0.4 is 4.57 Å². The molecule has 0 aliphatic rings. The van der Waals surface area contributed by atoms with E-state index in [9.17, 15) is 0 Å². The number of aryl methyl sites for hydroxylation is 2. The fourth-order valence-electron chi connectivity index (χ4n) is 5.29. The van der Waals surface area contributed by atoms with Crippen molar-refractivity contribution in [1.82, 2.24) is 9.55 Å². The van der Waals surface area contributed by atoms with Crippen LogP contribution in [0.4, 0.5) is 0 Å². The van der Waals surface area contributed by atoms with Gasteiger partial charge in [0.15, 0.2) is 11.2 Å². The molecule has 5 heteroatoms. The Balaban J connectivity index is 1.72. The molecular weight excluding hydrogens is 450 g/mol. The number of nitrogens with zero attached hydrogens (tertiary/aromatic N) is 3. The van der Waals surface area contributed by atoms with Gasteiger partial charge in [-0.05, 0) is 36.5 Å². The molecular formula is C30H30N3OS+. The third kappa shape index (κ3) is 3.25. The SMILES string of the molecule is [2H]c1nc2ccc3c4ccc(C)c(-c5n(-c6c(C(C)C)cccc6C(C)C)cc[n+]5C)c4oc3c2s1. The van der Waals surface area contributed by atoms with Gasteiger partial charge in [-0.25, -0.2) is 9.55 Å². The van der Waals surface area contributed by atoms with E-state index in [4.69, 9.17) is 5.79 Å². The van der Waals surface area contributed by atoms with Crippen molar-refractivity contribution in [3.8, 4) is 17.1 Å². The highest BCUT2D eigenvalue weighted by molar-refractivity contribution is 7.17. The Morgan fingerprint density at radius 3 is 2.37 bits per heavy atom. The highest BCUT2D eigenvalue weighted by Gasteiger charge is 2.29. The Kier molecular flexibility index (Phi) is 4.81. The van der Waals surface area contributed by atoms with Gasteiger partial charge in [0.25, 0.3) is 5.82 Å². The van der Waals surface area contributed by atoms with Crippen LogP contribution in [0, 0.1) is 6.92 Å². The lowest BCUT2D eigenvalue weighted by atomic mass is 9.92. The number of fused-ring (bicyclic) bond motifs is 5. The molecule has 0 aliphatic carbocycles. The third-order valence-electron chi connectivity index (χ3n) is 7.07. The van der Waals surface area contributed by atoms with Crippen LogP contribution in [0.2, 0.25) is 0 Å². The number of aromatic nitrogens is 3. The summed E-state index contributed by atoms with van der Waals surface area (Å²) in [6.07, 6.45) is 4.31. The number of hydrogen-bond donors (Lipinski definition) is 0. The first-order chi connectivity index (χ1) is 17.3. The molecule has 0 fully saturated rings. The fourth-order valence-corrected chi connectivity index (χ4v) is 5.99. The van der Waals surface area contributed by atoms with E-state index >= 15 is 0 Å². The number of rotatable bonds is 4. The predicted molar refractivity (Wildman–Crippen MR) is 146 cm³/mol. The van der Waals surface area contributed by atoms with Crippen LogP contribution in [0.1, 0.15) is 57.6 Å². The number of imidazole rings is 1. The van der Waals surface area contributed by atoms with Gasteiger partial charge in [-0.2, -0.15) is 4.57 Å². The molecule has 3 aromatic carbocycles. The van der Waals surface area contributed by atoms with E-state index in [0.717, 1.165) is 49.1 Å². The molecule has 0 amide bonds. The van der Waals surface area contributed by atoms with E-state index in [1.165, 1.54) is 28.2 Å². The zero-order valence-corrected chi connectivity index (χ0v) is 21.8. The van der Waals surface area contributed by atoms with Crippen molar-refractivity contribution < 1.29 is 10.4 Å². The monoisotopic (exact) mass is 481 g/mol. The van der Waals surface area contributed by atoms with Crippen LogP contribution in [-0.4, -0.2) is 9.55 Å². The van der Waals surface area contributed by atoms with Gasteiger partial charge in [0.05, 0.1) is 24.1 Å². The normalized spacial score (nSPS) is 12.6. The summed E-state index contributed by atoms with van der Waals surface area (Å²) in [6.45, 7) is 11.2. The van der Waals surface area contributed by atoms with Crippen LogP contribution >= 0.6 is 11.3 Å². The van der Waals surface area contributed by atoms with Crippen molar-refractivity contribution in [2.75, 3.05) is 0 Å². The molecule has 6 rings (SSSR count). The standard InChI is InChI=1S/C30H30N3OS/c1-17(2)20-8-7-9-21(18(3)4)26(20)33-15-14-32(6)30(33)25-19(5)10-11-22-23-12-13-24-29(35-16-31-24)28(23)34-27(22)25/h7-18H,1-6H3/q+1/i16D. The lowest BCUT2D eigenvalue weighted by Crippen LogP contribution is -2.29. The van der Waals surface area contributed by atoms with E-state index in [1.54, 1.807) is 0 Å². The average Bonchev–Trinajstić information content (AvgIpc) is 3.52. The first-order valence-corrected chi connectivity index (χ1v) is 13.0. The molecule has 0 bridgehead atoms. The molecule has 3 aromatic heterocycles. The zero-order chi connectivity index (χ0) is 25.3. The summed E-state index contributed by atoms with van der Waals surface area (Å²) in [5.74, 6) is 1.87. The summed E-state index contributed by atoms with van der Waals surface area (Å²) < 4.78 is 20.2. The van der Waals surface area contributed by atoms with Gasteiger partial charge in [-0.1, -0.05) is 58.0 Å². The maximum atomic E-state index is 8.04. The van der Waals surface area contributed by atoms with Crippen molar-refractivity contribution in [2.24, 2.45) is 7.05 Å². The molecule has 0 radical (unpaired) electrons. The van der Waals surface area contributed by atoms with E-state index in [-0.39, 0.29) is 0 Å². The predicted octanol–water partition coefficient (Wildman–Crippen LogP) is 8.03. The van der Waals surface area contributed by atoms with E-state index < -0.39 is 0 Å². The molecule has 3 heterocycles. The van der Waals surface area contributed by atoms with Crippen LogP contribution in [0.15, 0.2) is 64.8 Å². The minimum absolute atomic E-state index is 0.307. The number of para-hydroxylation sites is 1. The zero-order valence-electron chi connectivity index (χ0n) is 22.0. The van der Waals surface area contributed by atoms with Crippen LogP contribution in [-0.2, 0) is 7.05 Å². The lowest BCUT2D eigenvalue weighted by Gasteiger charge is -2.18. The second-order valence-electron chi connectivity index (χ2n) is 10.0. The van der Waals surface area contributed by atoms with Gasteiger partial charge >= 0.3 is 0 Å². The number of hydrogen-bond acceptors (Lipinski definition) is 3. The topological polar surface area (TPSA) is 34.8 Å². The van der Waals surface area contributed by atoms with Gasteiger partial charge in [0.2, 0.25) is 0 Å². The first-order valence-electron chi connectivity index (χ1n) is 12.7. The second-order valence-corrected chi connectivity index (χ2v) is 10.8. The van der Waals surface area contributed by atoms with Gasteiger partial charge in [-0.15, -0.1) is 11.3 Å². The minimum atomic E-state index is 0.307. The van der Waals surface area contributed by atoms with Gasteiger partial charge in [0.1, 0.15) is 23.6 Å². The Labute approximate surface area is 210 Å². The smallest absolute Gasteiger partial charge is 0.297 e. The summed E-state index contributed by atoms with van der Waals surface area (Å²) in [7, 11) is 2.10. The molecule has 0 saturated heterocycles. The van der Waals surface area contributed by atoms with E-state index in [2.05, 4.69) is 105 Å². The third-order valence-corrected chi connectivity index (χ3v) is 7.86. The Morgan fingerprint density at radius 1 is 0.971 bits per heavy atom. The molecule has 4 nitrogen and oxygen atoms in total. The van der Waals surface area contributed by atoms with Crippen LogP contribution in [0.3, 0.4) is 0 Å². The maximum Gasteiger partial charge on any atom is 0.297 e. The van der Waals surface area contributed by atoms with Crippen molar-refractivity contribution >= 4 is 43.5 Å². The summed E-state index contributed by atoms with van der Waals surface area (Å²) in [4.78, 5) is 4.36. The summed E-state index contributed by atoms with van der Waals surface area (Å²) in [5, 5.41) is 2.15. The van der Waals surface area contributed by atoms with Gasteiger partial charge in [-0.3, -0.25) is 0 Å². The molecule has 0 N–H and O–H groups in total. The van der Waals surface area contributed by atoms with Crippen LogP contribution in [0.5, 0.6) is 0 Å². The number of furan rings is 1. The van der Waals surface area contributed by atoms with Crippen molar-refractivity contribution in [3.05, 3.63) is 77.0 Å². The Morgan fingerprint density at radius 2 is 1.66 bits per heavy atom. The summed E-state index contributed by atoms with van der Waals surface area (Å²) in [6, 6.07) is 15.1. The van der Waals surface area contributed by atoms with Gasteiger partial charge < -0.3 is 4.42 Å². The molecule has 176 valence electrons. The molecule has 6 aromatic rings. The minimum Gasteiger partial charge on any atom is -0.454 e. The molecule has 0 unspecified atom stereocenters. The fraction of sp³-hybridized carbons (Fsp3) is 0.267. The Hall–Kier alpha value is -3.44. The molecule has 0 spiro atoms. The largest absolute Gasteiger partial charge is 0.454 e. The molecule has 0 atom stereocenters. The van der Waals surface area contributed by atoms with E-state index in [1.807, 2.05) is 6.07 Å². The highest BCUT2D eigenvalue weighted by atomic mass is 32.1. The van der Waals surface area contributed by atoms with E-state index in [0.29, 0.717) is 17.3 Å². The first kappa shape index (κ1) is 20.9. The van der Waals surface area contributed by atoms with Crippen molar-refractivity contribution in [2.45, 2.75) is 46.5 Å². The van der Waals surface area contributed by atoms with Crippen LogP contribution in [0.25, 0.3) is 49.2 Å². The lowest BCUT2D eigenvalue weighted by molar-refractivity contribution is -0.659. The quantitative estimate of drug-likeness (QED) is 0.239. The molecule has 35 heavy (non-hydrogen) atoms. The second kappa shape index (κ2) is 8.06. The number of thiazole rings is 1.